The number of nitrogens with zero attached hydrogens (tertiary/aromatic N) is 2. The highest BCUT2D eigenvalue weighted by Crippen LogP contribution is 2.21. The number of carboxylic acid groups (broad SMARTS) is 1. The van der Waals surface area contributed by atoms with Crippen LogP contribution in [-0.4, -0.2) is 60.1 Å². The van der Waals surface area contributed by atoms with Gasteiger partial charge >= 0.3 is 5.97 Å². The van der Waals surface area contributed by atoms with Gasteiger partial charge in [0.05, 0.1) is 30.3 Å². The second kappa shape index (κ2) is 15.7. The molecule has 230 valence electrons. The number of rotatable bonds is 17. The van der Waals surface area contributed by atoms with Crippen molar-refractivity contribution in [1.82, 2.24) is 15.6 Å². The lowest BCUT2D eigenvalue weighted by atomic mass is 10.1. The van der Waals surface area contributed by atoms with Gasteiger partial charge in [0.1, 0.15) is 17.2 Å². The molecule has 0 unspecified atom stereocenters. The zero-order chi connectivity index (χ0) is 30.5. The Hall–Kier alpha value is -4.16. The topological polar surface area (TPSA) is 169 Å². The van der Waals surface area contributed by atoms with Gasteiger partial charge in [-0.2, -0.15) is 0 Å². The summed E-state index contributed by atoms with van der Waals surface area (Å²) in [6.07, 6.45) is 9.68. The normalized spacial score (nSPS) is 18.1. The number of aliphatic imine (C=N–C) groups is 1. The van der Waals surface area contributed by atoms with Crippen molar-refractivity contribution < 1.29 is 24.1 Å². The minimum atomic E-state index is -0.826. The van der Waals surface area contributed by atoms with Crippen LogP contribution in [0.4, 0.5) is 5.69 Å². The van der Waals surface area contributed by atoms with Gasteiger partial charge < -0.3 is 41.0 Å². The van der Waals surface area contributed by atoms with E-state index in [1.807, 2.05) is 63.3 Å². The third-order valence-corrected chi connectivity index (χ3v) is 6.09. The lowest BCUT2D eigenvalue weighted by Gasteiger charge is -2.31. The number of unbranched alkanes of at least 4 members (excludes halogenated alkanes) is 1. The zero-order valence-corrected chi connectivity index (χ0v) is 24.8. The SMILES string of the molecule is C=C(NCCCCOc1ccc(N[C@@H]2N=CC(N)=C(N(N)C3=CC[C@H](OCCCC(=O)O)C=C3)N2)cc1)OC(C)(C)C. The predicted molar refractivity (Wildman–Crippen MR) is 164 cm³/mol. The molecule has 0 amide bonds. The number of hydrogen-bond donors (Lipinski definition) is 6. The Balaban J connectivity index is 1.38. The van der Waals surface area contributed by atoms with Crippen LogP contribution < -0.4 is 32.3 Å². The number of hydrazine groups is 1. The summed E-state index contributed by atoms with van der Waals surface area (Å²) >= 11 is 0. The van der Waals surface area contributed by atoms with Gasteiger partial charge in [-0.05, 0) is 83.4 Å². The molecule has 1 aromatic carbocycles. The minimum Gasteiger partial charge on any atom is -0.494 e. The van der Waals surface area contributed by atoms with Crippen LogP contribution in [0.5, 0.6) is 5.75 Å². The Morgan fingerprint density at radius 2 is 1.98 bits per heavy atom. The third-order valence-electron chi connectivity index (χ3n) is 6.09. The van der Waals surface area contributed by atoms with Crippen molar-refractivity contribution in [1.29, 1.82) is 0 Å². The van der Waals surface area contributed by atoms with Gasteiger partial charge in [-0.1, -0.05) is 12.2 Å². The van der Waals surface area contributed by atoms with E-state index < -0.39 is 12.3 Å². The summed E-state index contributed by atoms with van der Waals surface area (Å²) in [5.74, 6) is 7.45. The number of aliphatic carboxylic acids is 1. The van der Waals surface area contributed by atoms with E-state index in [0.717, 1.165) is 36.5 Å². The predicted octanol–water partition coefficient (Wildman–Crippen LogP) is 3.49. The maximum atomic E-state index is 10.6. The average Bonchev–Trinajstić information content (AvgIpc) is 2.94. The number of carbonyl (C=O) groups is 1. The Labute approximate surface area is 248 Å². The van der Waals surface area contributed by atoms with E-state index in [-0.39, 0.29) is 18.1 Å². The fourth-order valence-corrected chi connectivity index (χ4v) is 4.08. The van der Waals surface area contributed by atoms with Crippen LogP contribution >= 0.6 is 0 Å². The number of allylic oxidation sites excluding steroid dienone is 2. The number of carboxylic acids is 1. The molecule has 8 N–H and O–H groups in total. The van der Waals surface area contributed by atoms with Crippen molar-refractivity contribution in [2.75, 3.05) is 25.1 Å². The first kappa shape index (κ1) is 32.4. The summed E-state index contributed by atoms with van der Waals surface area (Å²) in [4.78, 5) is 15.1. The quantitative estimate of drug-likeness (QED) is 0.0687. The van der Waals surface area contributed by atoms with Gasteiger partial charge in [0.15, 0.2) is 12.2 Å². The smallest absolute Gasteiger partial charge is 0.303 e. The highest BCUT2D eigenvalue weighted by molar-refractivity contribution is 5.79. The summed E-state index contributed by atoms with van der Waals surface area (Å²) in [6.45, 7) is 11.6. The van der Waals surface area contributed by atoms with Gasteiger partial charge in [0.2, 0.25) is 0 Å². The summed E-state index contributed by atoms with van der Waals surface area (Å²) < 4.78 is 17.2. The van der Waals surface area contributed by atoms with E-state index in [9.17, 15) is 4.79 Å². The van der Waals surface area contributed by atoms with E-state index >= 15 is 0 Å². The largest absolute Gasteiger partial charge is 0.494 e. The molecule has 1 heterocycles. The first-order chi connectivity index (χ1) is 20.0. The van der Waals surface area contributed by atoms with Crippen molar-refractivity contribution in [2.45, 2.75) is 70.9 Å². The van der Waals surface area contributed by atoms with E-state index in [2.05, 4.69) is 27.5 Å². The second-order valence-corrected chi connectivity index (χ2v) is 10.9. The standard InChI is InChI=1S/C30H45N7O5/c1-21(42-30(2,3)4)33-17-5-6-18-40-24-13-9-22(10-14-24)35-29-34-20-26(31)28(36-29)37(32)23-11-15-25(16-12-23)41-19-7-8-27(38)39/h9-15,20,25,29,33,35-36H,1,5-8,16-19,31-32H2,2-4H3,(H,38,39)/t25-,29+/m1/s1. The Kier molecular flexibility index (Phi) is 12.1. The van der Waals surface area contributed by atoms with Crippen LogP contribution in [0, 0.1) is 0 Å². The summed E-state index contributed by atoms with van der Waals surface area (Å²) in [6, 6.07) is 7.66. The Bertz CT molecular complexity index is 1170. The molecule has 1 aliphatic carbocycles. The number of hydrogen-bond acceptors (Lipinski definition) is 11. The Morgan fingerprint density at radius 1 is 1.21 bits per heavy atom. The molecule has 0 saturated carbocycles. The van der Waals surface area contributed by atoms with Crippen LogP contribution in [-0.2, 0) is 14.3 Å². The molecule has 3 rings (SSSR count). The third kappa shape index (κ3) is 11.4. The molecule has 2 aliphatic rings. The average molecular weight is 584 g/mol. The lowest BCUT2D eigenvalue weighted by Crippen LogP contribution is -2.47. The van der Waals surface area contributed by atoms with Crippen LogP contribution in [0.3, 0.4) is 0 Å². The number of anilines is 1. The minimum absolute atomic E-state index is 0.0896. The molecule has 0 aromatic heterocycles. The van der Waals surface area contributed by atoms with E-state index in [1.165, 1.54) is 5.01 Å². The van der Waals surface area contributed by atoms with E-state index in [0.29, 0.717) is 43.5 Å². The van der Waals surface area contributed by atoms with Crippen molar-refractivity contribution >= 4 is 17.9 Å². The number of nitrogens with two attached hydrogens (primary N) is 2. The maximum absolute atomic E-state index is 10.6. The summed E-state index contributed by atoms with van der Waals surface area (Å²) in [7, 11) is 0. The van der Waals surface area contributed by atoms with E-state index in [1.54, 1.807) is 6.21 Å². The fraction of sp³-hybridized carbons (Fsp3) is 0.467. The van der Waals surface area contributed by atoms with Gasteiger partial charge in [0.25, 0.3) is 0 Å². The molecule has 42 heavy (non-hydrogen) atoms. The van der Waals surface area contributed by atoms with Gasteiger partial charge in [-0.3, -0.25) is 9.80 Å². The maximum Gasteiger partial charge on any atom is 0.303 e. The van der Waals surface area contributed by atoms with Crippen LogP contribution in [0.15, 0.2) is 77.2 Å². The second-order valence-electron chi connectivity index (χ2n) is 10.9. The molecule has 1 aliphatic heterocycles. The highest BCUT2D eigenvalue weighted by atomic mass is 16.5. The molecule has 1 aromatic rings. The van der Waals surface area contributed by atoms with Gasteiger partial charge in [-0.15, -0.1) is 0 Å². The fourth-order valence-electron chi connectivity index (χ4n) is 4.08. The molecule has 12 nitrogen and oxygen atoms in total. The molecule has 0 saturated heterocycles. The van der Waals surface area contributed by atoms with Crippen molar-refractivity contribution in [3.05, 3.63) is 72.2 Å². The molecule has 2 atom stereocenters. The molecule has 0 radical (unpaired) electrons. The molecule has 0 bridgehead atoms. The van der Waals surface area contributed by atoms with Crippen LogP contribution in [0.25, 0.3) is 0 Å². The molecule has 0 spiro atoms. The van der Waals surface area contributed by atoms with Crippen LogP contribution in [0.1, 0.15) is 52.9 Å². The first-order valence-corrected chi connectivity index (χ1v) is 14.2. The van der Waals surface area contributed by atoms with Crippen LogP contribution in [0.2, 0.25) is 0 Å². The zero-order valence-electron chi connectivity index (χ0n) is 24.8. The Morgan fingerprint density at radius 3 is 2.64 bits per heavy atom. The summed E-state index contributed by atoms with van der Waals surface area (Å²) in [5, 5.41) is 19.9. The number of nitrogens with one attached hydrogen (secondary N) is 3. The summed E-state index contributed by atoms with van der Waals surface area (Å²) in [5.41, 5.74) is 7.92. The first-order valence-electron chi connectivity index (χ1n) is 14.2. The molecule has 0 fully saturated rings. The van der Waals surface area contributed by atoms with Crippen molar-refractivity contribution in [3.8, 4) is 5.75 Å². The molecular weight excluding hydrogens is 538 g/mol. The number of ether oxygens (including phenoxy) is 3. The highest BCUT2D eigenvalue weighted by Gasteiger charge is 2.22. The molecular formula is C30H45N7O5. The monoisotopic (exact) mass is 583 g/mol. The van der Waals surface area contributed by atoms with Crippen molar-refractivity contribution in [2.24, 2.45) is 16.6 Å². The lowest BCUT2D eigenvalue weighted by molar-refractivity contribution is -0.137. The van der Waals surface area contributed by atoms with Gasteiger partial charge in [-0.25, -0.2) is 10.8 Å². The van der Waals surface area contributed by atoms with Gasteiger partial charge in [0, 0.05) is 25.3 Å². The van der Waals surface area contributed by atoms with Crippen molar-refractivity contribution in [3.63, 3.8) is 0 Å². The number of benzene rings is 1. The van der Waals surface area contributed by atoms with E-state index in [4.69, 9.17) is 30.9 Å². The molecule has 12 heteroatoms.